The van der Waals surface area contributed by atoms with Crippen molar-refractivity contribution in [1.82, 2.24) is 0 Å². The molecule has 1 atom stereocenters. The summed E-state index contributed by atoms with van der Waals surface area (Å²) in [5.74, 6) is -0.849. The number of ether oxygens (including phenoxy) is 3. The van der Waals surface area contributed by atoms with Crippen LogP contribution in [0.25, 0.3) is 0 Å². The Morgan fingerprint density at radius 3 is 0.757 bits per heavy atom. The van der Waals surface area contributed by atoms with Gasteiger partial charge in [0.1, 0.15) is 13.2 Å². The molecule has 0 aliphatic carbocycles. The van der Waals surface area contributed by atoms with Crippen LogP contribution in [0.3, 0.4) is 0 Å². The molecule has 0 fully saturated rings. The summed E-state index contributed by atoms with van der Waals surface area (Å²) in [4.78, 5) is 38.2. The average molecular weight is 1040 g/mol. The van der Waals surface area contributed by atoms with Crippen molar-refractivity contribution in [3.8, 4) is 0 Å². The van der Waals surface area contributed by atoms with E-state index in [2.05, 4.69) is 57.2 Å². The summed E-state index contributed by atoms with van der Waals surface area (Å²) in [6.45, 7) is 6.67. The molecule has 0 spiro atoms. The smallest absolute Gasteiger partial charge is 0.306 e. The SMILES string of the molecule is CCCCCCC/C=C\C/C=C\CCCCCCCCCCCCCCCCCC(=O)OCC(COC(=O)CCCCCCCCCCCC)OC(=O)CCCCCCCCCCC/C=C\CCCCCCCC. The summed E-state index contributed by atoms with van der Waals surface area (Å²) in [6, 6.07) is 0. The molecule has 0 saturated carbocycles. The van der Waals surface area contributed by atoms with E-state index in [0.29, 0.717) is 19.3 Å². The highest BCUT2D eigenvalue weighted by Crippen LogP contribution is 2.17. The Kier molecular flexibility index (Phi) is 61.1. The zero-order valence-electron chi connectivity index (χ0n) is 49.9. The van der Waals surface area contributed by atoms with Crippen molar-refractivity contribution >= 4 is 17.9 Å². The zero-order chi connectivity index (χ0) is 53.6. The maximum atomic E-state index is 12.9. The molecule has 74 heavy (non-hydrogen) atoms. The van der Waals surface area contributed by atoms with Crippen LogP contribution in [-0.2, 0) is 28.6 Å². The topological polar surface area (TPSA) is 78.9 Å². The standard InChI is InChI=1S/C68H126O6/c1-4-7-10-13-16-19-22-24-26-28-30-31-32-33-34-35-36-37-39-40-42-44-46-49-52-55-58-61-67(70)73-64-65(63-72-66(69)60-57-54-51-48-21-18-15-12-9-6-3)74-68(71)62-59-56-53-50-47-45-43-41-38-29-27-25-23-20-17-14-11-8-5-2/h22,24-25,27-28,30,65H,4-21,23,26,29,31-64H2,1-3H3/b24-22-,27-25-,30-28-. The minimum absolute atomic E-state index is 0.0681. The summed E-state index contributed by atoms with van der Waals surface area (Å²) in [6.07, 6.45) is 77.4. The maximum Gasteiger partial charge on any atom is 0.306 e. The van der Waals surface area contributed by atoms with Crippen LogP contribution < -0.4 is 0 Å². The lowest BCUT2D eigenvalue weighted by Crippen LogP contribution is -2.30. The first-order valence-electron chi connectivity index (χ1n) is 33.0. The second-order valence-electron chi connectivity index (χ2n) is 22.4. The van der Waals surface area contributed by atoms with E-state index in [1.54, 1.807) is 0 Å². The van der Waals surface area contributed by atoms with E-state index in [4.69, 9.17) is 14.2 Å². The molecule has 0 aromatic carbocycles. The lowest BCUT2D eigenvalue weighted by Gasteiger charge is -2.18. The van der Waals surface area contributed by atoms with Crippen molar-refractivity contribution in [2.75, 3.05) is 13.2 Å². The molecule has 0 amide bonds. The van der Waals surface area contributed by atoms with Crippen LogP contribution in [0, 0.1) is 0 Å². The van der Waals surface area contributed by atoms with Crippen LogP contribution in [0.1, 0.15) is 361 Å². The Morgan fingerprint density at radius 2 is 0.486 bits per heavy atom. The van der Waals surface area contributed by atoms with E-state index in [1.165, 1.54) is 257 Å². The molecule has 1 unspecified atom stereocenters. The van der Waals surface area contributed by atoms with Crippen molar-refractivity contribution in [3.63, 3.8) is 0 Å². The normalized spacial score (nSPS) is 12.2. The Balaban J connectivity index is 4.16. The first-order chi connectivity index (χ1) is 36.5. The molecular formula is C68H126O6. The average Bonchev–Trinajstić information content (AvgIpc) is 3.40. The van der Waals surface area contributed by atoms with Gasteiger partial charge in [0.05, 0.1) is 0 Å². The third kappa shape index (κ3) is 60.5. The first-order valence-corrected chi connectivity index (χ1v) is 33.0. The predicted octanol–water partition coefficient (Wildman–Crippen LogP) is 22.4. The van der Waals surface area contributed by atoms with E-state index in [9.17, 15) is 14.4 Å². The van der Waals surface area contributed by atoms with Crippen molar-refractivity contribution in [2.45, 2.75) is 367 Å². The van der Waals surface area contributed by atoms with Crippen molar-refractivity contribution < 1.29 is 28.6 Å². The molecule has 0 aliphatic rings. The second-order valence-corrected chi connectivity index (χ2v) is 22.4. The van der Waals surface area contributed by atoms with Gasteiger partial charge in [-0.15, -0.1) is 0 Å². The number of allylic oxidation sites excluding steroid dienone is 6. The highest BCUT2D eigenvalue weighted by Gasteiger charge is 2.19. The molecule has 0 heterocycles. The molecule has 434 valence electrons. The summed E-state index contributed by atoms with van der Waals surface area (Å²) >= 11 is 0. The molecule has 0 N–H and O–H groups in total. The Labute approximate surface area is 461 Å². The maximum absolute atomic E-state index is 12.9. The molecule has 6 nitrogen and oxygen atoms in total. The summed E-state index contributed by atoms with van der Waals surface area (Å²) < 4.78 is 16.9. The number of carbonyl (C=O) groups excluding carboxylic acids is 3. The van der Waals surface area contributed by atoms with Gasteiger partial charge in [0.25, 0.3) is 0 Å². The van der Waals surface area contributed by atoms with E-state index >= 15 is 0 Å². The van der Waals surface area contributed by atoms with Gasteiger partial charge in [-0.25, -0.2) is 0 Å². The Bertz CT molecular complexity index is 1240. The van der Waals surface area contributed by atoms with Crippen LogP contribution >= 0.6 is 0 Å². The molecule has 0 radical (unpaired) electrons. The van der Waals surface area contributed by atoms with Crippen LogP contribution in [0.5, 0.6) is 0 Å². The second kappa shape index (κ2) is 63.2. The third-order valence-corrected chi connectivity index (χ3v) is 14.9. The Hall–Kier alpha value is -2.37. The number of rotatable bonds is 61. The van der Waals surface area contributed by atoms with Gasteiger partial charge < -0.3 is 14.2 Å². The van der Waals surface area contributed by atoms with Crippen LogP contribution in [-0.4, -0.2) is 37.2 Å². The van der Waals surface area contributed by atoms with Gasteiger partial charge in [-0.05, 0) is 77.0 Å². The number of esters is 3. The molecule has 0 aliphatic heterocycles. The minimum atomic E-state index is -0.770. The predicted molar refractivity (Wildman–Crippen MR) is 321 cm³/mol. The van der Waals surface area contributed by atoms with Gasteiger partial charge in [0.15, 0.2) is 6.10 Å². The van der Waals surface area contributed by atoms with Gasteiger partial charge >= 0.3 is 17.9 Å². The molecular weight excluding hydrogens is 913 g/mol. The fraction of sp³-hybridized carbons (Fsp3) is 0.868. The van der Waals surface area contributed by atoms with Crippen molar-refractivity contribution in [2.24, 2.45) is 0 Å². The van der Waals surface area contributed by atoms with Gasteiger partial charge in [-0.3, -0.25) is 14.4 Å². The molecule has 0 saturated heterocycles. The zero-order valence-corrected chi connectivity index (χ0v) is 49.9. The fourth-order valence-corrected chi connectivity index (χ4v) is 9.88. The van der Waals surface area contributed by atoms with E-state index in [1.807, 2.05) is 0 Å². The third-order valence-electron chi connectivity index (χ3n) is 14.9. The van der Waals surface area contributed by atoms with Crippen molar-refractivity contribution in [1.29, 1.82) is 0 Å². The Morgan fingerprint density at radius 1 is 0.270 bits per heavy atom. The number of unbranched alkanes of at least 4 members (excludes halogenated alkanes) is 44. The summed E-state index contributed by atoms with van der Waals surface area (Å²) in [7, 11) is 0. The number of hydrogen-bond donors (Lipinski definition) is 0. The van der Waals surface area contributed by atoms with Crippen LogP contribution in [0.4, 0.5) is 0 Å². The highest BCUT2D eigenvalue weighted by molar-refractivity contribution is 5.71. The molecule has 0 aromatic rings. The number of hydrogen-bond acceptors (Lipinski definition) is 6. The van der Waals surface area contributed by atoms with Crippen LogP contribution in [0.15, 0.2) is 36.5 Å². The van der Waals surface area contributed by atoms with Gasteiger partial charge in [0, 0.05) is 19.3 Å². The summed E-state index contributed by atoms with van der Waals surface area (Å²) in [5, 5.41) is 0. The monoisotopic (exact) mass is 1040 g/mol. The lowest BCUT2D eigenvalue weighted by molar-refractivity contribution is -0.167. The van der Waals surface area contributed by atoms with Crippen LogP contribution in [0.2, 0.25) is 0 Å². The van der Waals surface area contributed by atoms with E-state index < -0.39 is 6.10 Å². The van der Waals surface area contributed by atoms with E-state index in [0.717, 1.165) is 64.2 Å². The quantitative estimate of drug-likeness (QED) is 0.0261. The first kappa shape index (κ1) is 71.6. The largest absolute Gasteiger partial charge is 0.462 e. The highest BCUT2D eigenvalue weighted by atomic mass is 16.6. The van der Waals surface area contributed by atoms with Gasteiger partial charge in [0.2, 0.25) is 0 Å². The van der Waals surface area contributed by atoms with E-state index in [-0.39, 0.29) is 31.1 Å². The minimum Gasteiger partial charge on any atom is -0.462 e. The molecule has 0 rings (SSSR count). The fourth-order valence-electron chi connectivity index (χ4n) is 9.88. The van der Waals surface area contributed by atoms with Crippen molar-refractivity contribution in [3.05, 3.63) is 36.5 Å². The molecule has 6 heteroatoms. The summed E-state index contributed by atoms with van der Waals surface area (Å²) in [5.41, 5.74) is 0. The molecule has 0 aromatic heterocycles. The molecule has 0 bridgehead atoms. The van der Waals surface area contributed by atoms with Gasteiger partial charge in [-0.2, -0.15) is 0 Å². The number of carbonyl (C=O) groups is 3. The van der Waals surface area contributed by atoms with Gasteiger partial charge in [-0.1, -0.05) is 301 Å². The lowest BCUT2D eigenvalue weighted by atomic mass is 10.0.